The monoisotopic (exact) mass is 326 g/mol. The number of fused-ring (bicyclic) bond motifs is 3. The number of rotatable bonds is 4. The summed E-state index contributed by atoms with van der Waals surface area (Å²) >= 11 is 0. The van der Waals surface area contributed by atoms with Crippen LogP contribution in [0, 0.1) is 0 Å². The standard InChI is InChI=1S/C17H18O3S.Na.H/c1-17(11-6-12-21(18,19)20)15-9-4-2-7-13(15)14-8-3-5-10-16(14)17;;/h2-5,7-10H,6,11-12H2,1H3,(H,18,19,20);;/q;+1;-1. The van der Waals surface area contributed by atoms with Gasteiger partial charge in [-0.15, -0.1) is 0 Å². The summed E-state index contributed by atoms with van der Waals surface area (Å²) in [5, 5.41) is 0. The summed E-state index contributed by atoms with van der Waals surface area (Å²) in [5.41, 5.74) is 4.73. The van der Waals surface area contributed by atoms with Crippen LogP contribution >= 0.6 is 0 Å². The average molecular weight is 326 g/mol. The Hall–Kier alpha value is -0.650. The third-order valence-corrected chi connectivity index (χ3v) is 5.22. The summed E-state index contributed by atoms with van der Waals surface area (Å²) in [6.45, 7) is 2.15. The normalized spacial score (nSPS) is 14.8. The van der Waals surface area contributed by atoms with Crippen LogP contribution in [0.4, 0.5) is 0 Å². The van der Waals surface area contributed by atoms with Crippen LogP contribution in [0.25, 0.3) is 11.1 Å². The van der Waals surface area contributed by atoms with Crippen molar-refractivity contribution in [1.29, 1.82) is 0 Å². The molecule has 1 aliphatic carbocycles. The van der Waals surface area contributed by atoms with Crippen LogP contribution in [-0.4, -0.2) is 18.7 Å². The molecule has 22 heavy (non-hydrogen) atoms. The van der Waals surface area contributed by atoms with Crippen LogP contribution in [0.5, 0.6) is 0 Å². The Morgan fingerprint density at radius 3 is 1.91 bits per heavy atom. The van der Waals surface area contributed by atoms with E-state index in [4.69, 9.17) is 4.55 Å². The van der Waals surface area contributed by atoms with Gasteiger partial charge in [0.25, 0.3) is 10.1 Å². The fourth-order valence-electron chi connectivity index (χ4n) is 3.42. The van der Waals surface area contributed by atoms with E-state index in [1.165, 1.54) is 22.3 Å². The second-order valence-electron chi connectivity index (χ2n) is 5.81. The molecule has 0 radical (unpaired) electrons. The first kappa shape index (κ1) is 17.7. The third-order valence-electron chi connectivity index (χ3n) is 4.41. The molecule has 3 nitrogen and oxygen atoms in total. The Labute approximate surface area is 155 Å². The first-order chi connectivity index (χ1) is 9.92. The molecule has 0 heterocycles. The number of hydrogen-bond donors (Lipinski definition) is 1. The van der Waals surface area contributed by atoms with E-state index in [0.29, 0.717) is 12.8 Å². The van der Waals surface area contributed by atoms with Crippen molar-refractivity contribution in [3.05, 3.63) is 59.7 Å². The molecule has 0 atom stereocenters. The minimum absolute atomic E-state index is 0. The van der Waals surface area contributed by atoms with Crippen LogP contribution in [0.2, 0.25) is 0 Å². The van der Waals surface area contributed by atoms with E-state index in [9.17, 15) is 8.42 Å². The summed E-state index contributed by atoms with van der Waals surface area (Å²) in [6.07, 6.45) is 1.14. The average Bonchev–Trinajstić information content (AvgIpc) is 2.69. The van der Waals surface area contributed by atoms with Crippen molar-refractivity contribution in [2.75, 3.05) is 5.75 Å². The molecule has 0 bridgehead atoms. The van der Waals surface area contributed by atoms with Crippen molar-refractivity contribution < 1.29 is 44.0 Å². The number of hydrogen-bond acceptors (Lipinski definition) is 2. The van der Waals surface area contributed by atoms with E-state index in [2.05, 4.69) is 31.2 Å². The molecule has 2 aromatic rings. The fourth-order valence-corrected chi connectivity index (χ4v) is 3.93. The van der Waals surface area contributed by atoms with Crippen LogP contribution in [-0.2, 0) is 15.5 Å². The zero-order valence-electron chi connectivity index (χ0n) is 13.9. The van der Waals surface area contributed by atoms with E-state index in [0.717, 1.165) is 0 Å². The van der Waals surface area contributed by atoms with Crippen molar-refractivity contribution in [2.24, 2.45) is 0 Å². The Bertz CT molecular complexity index is 744. The molecule has 0 saturated heterocycles. The maximum Gasteiger partial charge on any atom is 1.00 e. The minimum Gasteiger partial charge on any atom is -1.00 e. The second-order valence-corrected chi connectivity index (χ2v) is 7.38. The molecular weight excluding hydrogens is 307 g/mol. The Morgan fingerprint density at radius 1 is 1.00 bits per heavy atom. The van der Waals surface area contributed by atoms with E-state index in [1.807, 2.05) is 24.3 Å². The maximum absolute atomic E-state index is 11.0. The summed E-state index contributed by atoms with van der Waals surface area (Å²) in [5.74, 6) is -0.188. The Morgan fingerprint density at radius 2 is 1.45 bits per heavy atom. The van der Waals surface area contributed by atoms with E-state index in [1.54, 1.807) is 0 Å². The smallest absolute Gasteiger partial charge is 1.00 e. The first-order valence-corrected chi connectivity index (χ1v) is 8.67. The van der Waals surface area contributed by atoms with E-state index >= 15 is 0 Å². The zero-order chi connectivity index (χ0) is 15.1. The molecule has 0 fully saturated rings. The predicted molar refractivity (Wildman–Crippen MR) is 85.1 cm³/mol. The maximum atomic E-state index is 11.0. The van der Waals surface area contributed by atoms with Crippen molar-refractivity contribution in [3.63, 3.8) is 0 Å². The van der Waals surface area contributed by atoms with Gasteiger partial charge in [0.15, 0.2) is 0 Å². The van der Waals surface area contributed by atoms with Gasteiger partial charge in [-0.3, -0.25) is 4.55 Å². The molecular formula is C17H19NaO3S. The molecule has 0 aromatic heterocycles. The Kier molecular flexibility index (Phi) is 5.20. The molecule has 0 amide bonds. The molecule has 0 spiro atoms. The van der Waals surface area contributed by atoms with Gasteiger partial charge in [-0.1, -0.05) is 55.5 Å². The molecule has 5 heteroatoms. The SMILES string of the molecule is CC1(CCCS(=O)(=O)O)c2ccccc2-c2ccccc21.[H-].[Na+]. The Balaban J connectivity index is 0.00000132. The van der Waals surface area contributed by atoms with E-state index in [-0.39, 0.29) is 42.2 Å². The van der Waals surface area contributed by atoms with Crippen molar-refractivity contribution >= 4 is 10.1 Å². The van der Waals surface area contributed by atoms with Crippen LogP contribution in [0.1, 0.15) is 32.3 Å². The quantitative estimate of drug-likeness (QED) is 0.667. The predicted octanol–water partition coefficient (Wildman–Crippen LogP) is 0.758. The van der Waals surface area contributed by atoms with Crippen LogP contribution in [0.3, 0.4) is 0 Å². The van der Waals surface area contributed by atoms with Gasteiger partial charge in [0.1, 0.15) is 0 Å². The van der Waals surface area contributed by atoms with Gasteiger partial charge in [0.05, 0.1) is 5.75 Å². The van der Waals surface area contributed by atoms with Gasteiger partial charge in [0.2, 0.25) is 0 Å². The fraction of sp³-hybridized carbons (Fsp3) is 0.294. The third kappa shape index (κ3) is 3.17. The molecule has 2 aromatic carbocycles. The van der Waals surface area contributed by atoms with Gasteiger partial charge in [0, 0.05) is 5.41 Å². The van der Waals surface area contributed by atoms with Gasteiger partial charge in [-0.2, -0.15) is 8.42 Å². The largest absolute Gasteiger partial charge is 1.00 e. The summed E-state index contributed by atoms with van der Waals surface area (Å²) < 4.78 is 30.9. The van der Waals surface area contributed by atoms with Gasteiger partial charge >= 0.3 is 29.6 Å². The van der Waals surface area contributed by atoms with Crippen LogP contribution < -0.4 is 29.6 Å². The second kappa shape index (κ2) is 6.46. The topological polar surface area (TPSA) is 54.4 Å². The number of benzene rings is 2. The molecule has 112 valence electrons. The molecule has 1 N–H and O–H groups in total. The zero-order valence-corrected chi connectivity index (χ0v) is 15.7. The summed E-state index contributed by atoms with van der Waals surface area (Å²) in [7, 11) is -3.90. The van der Waals surface area contributed by atoms with Gasteiger partial charge in [-0.05, 0) is 35.1 Å². The van der Waals surface area contributed by atoms with Crippen LogP contribution in [0.15, 0.2) is 48.5 Å². The minimum atomic E-state index is -3.90. The molecule has 0 unspecified atom stereocenters. The first-order valence-electron chi connectivity index (χ1n) is 7.06. The molecule has 0 aliphatic heterocycles. The van der Waals surface area contributed by atoms with Crippen molar-refractivity contribution in [3.8, 4) is 11.1 Å². The summed E-state index contributed by atoms with van der Waals surface area (Å²) in [4.78, 5) is 0. The molecule has 1 aliphatic rings. The summed E-state index contributed by atoms with van der Waals surface area (Å²) in [6, 6.07) is 16.5. The van der Waals surface area contributed by atoms with Crippen molar-refractivity contribution in [2.45, 2.75) is 25.2 Å². The van der Waals surface area contributed by atoms with Gasteiger partial charge in [-0.25, -0.2) is 0 Å². The van der Waals surface area contributed by atoms with Crippen molar-refractivity contribution in [1.82, 2.24) is 0 Å². The molecule has 0 saturated carbocycles. The van der Waals surface area contributed by atoms with Gasteiger partial charge < -0.3 is 1.43 Å². The van der Waals surface area contributed by atoms with E-state index < -0.39 is 10.1 Å². The molecule has 3 rings (SSSR count).